The highest BCUT2D eigenvalue weighted by Crippen LogP contribution is 2.43. The van der Waals surface area contributed by atoms with Crippen LogP contribution in [0.3, 0.4) is 0 Å². The van der Waals surface area contributed by atoms with Crippen LogP contribution in [0, 0.1) is 12.7 Å². The maximum Gasteiger partial charge on any atom is 0.350 e. The molecule has 178 valence electrons. The van der Waals surface area contributed by atoms with Gasteiger partial charge >= 0.3 is 5.97 Å². The first kappa shape index (κ1) is 23.4. The molecular weight excluding hydrogens is 461 g/mol. The average molecular weight is 486 g/mol. The van der Waals surface area contributed by atoms with Crippen molar-refractivity contribution < 1.29 is 28.5 Å². The van der Waals surface area contributed by atoms with Gasteiger partial charge in [0.05, 0.1) is 20.8 Å². The van der Waals surface area contributed by atoms with Crippen LogP contribution in [-0.2, 0) is 11.3 Å². The van der Waals surface area contributed by atoms with Crippen molar-refractivity contribution in [2.24, 2.45) is 0 Å². The molecule has 0 spiro atoms. The summed E-state index contributed by atoms with van der Waals surface area (Å²) in [7, 11) is 2.90. The second-order valence-electron chi connectivity index (χ2n) is 7.37. The zero-order valence-electron chi connectivity index (χ0n) is 19.1. The van der Waals surface area contributed by atoms with E-state index in [-0.39, 0.29) is 29.7 Å². The molecule has 0 aliphatic heterocycles. The van der Waals surface area contributed by atoms with Gasteiger partial charge in [0, 0.05) is 17.8 Å². The van der Waals surface area contributed by atoms with E-state index in [0.717, 1.165) is 5.56 Å². The maximum absolute atomic E-state index is 13.3. The van der Waals surface area contributed by atoms with Crippen LogP contribution in [0.25, 0.3) is 16.2 Å². The number of rotatable bonds is 8. The average Bonchev–Trinajstić information content (AvgIpc) is 3.35. The fourth-order valence-corrected chi connectivity index (χ4v) is 4.64. The topological polar surface area (TPSA) is 94.3 Å². The first-order valence-corrected chi connectivity index (χ1v) is 11.3. The predicted octanol–water partition coefficient (Wildman–Crippen LogP) is 5.02. The highest BCUT2D eigenvalue weighted by molar-refractivity contribution is 7.19. The van der Waals surface area contributed by atoms with E-state index in [1.54, 1.807) is 31.2 Å². The van der Waals surface area contributed by atoms with Gasteiger partial charge in [-0.05, 0) is 43.7 Å². The van der Waals surface area contributed by atoms with Crippen molar-refractivity contribution in [2.45, 2.75) is 20.4 Å². The Morgan fingerprint density at radius 2 is 1.82 bits per heavy atom. The van der Waals surface area contributed by atoms with Gasteiger partial charge in [0.2, 0.25) is 5.75 Å². The molecule has 0 amide bonds. The first-order valence-electron chi connectivity index (χ1n) is 10.5. The molecule has 0 aliphatic rings. The molecule has 2 aromatic heterocycles. The van der Waals surface area contributed by atoms with Crippen molar-refractivity contribution in [3.05, 3.63) is 58.3 Å². The number of fused-ring (bicyclic) bond motifs is 1. The Kier molecular flexibility index (Phi) is 6.60. The summed E-state index contributed by atoms with van der Waals surface area (Å²) in [5, 5.41) is 13.7. The van der Waals surface area contributed by atoms with E-state index in [9.17, 15) is 14.3 Å². The number of hydrogen-bond donors (Lipinski definition) is 2. The van der Waals surface area contributed by atoms with Crippen LogP contribution in [0.5, 0.6) is 17.2 Å². The van der Waals surface area contributed by atoms with Gasteiger partial charge in [-0.1, -0.05) is 23.5 Å². The summed E-state index contributed by atoms with van der Waals surface area (Å²) in [5.74, 6) is 0.259. The summed E-state index contributed by atoms with van der Waals surface area (Å²) in [5.41, 5.74) is 2.75. The monoisotopic (exact) mass is 485 g/mol. The third-order valence-electron chi connectivity index (χ3n) is 5.29. The largest absolute Gasteiger partial charge is 0.502 e. The standard InChI is InChI=1S/C24H24FN3O5S/c1-5-33-23(30)21-13(2)28-22(26-12-14-6-8-16(25)9-7-14)19(27-24(28)34-21)15-10-17(31-3)20(29)18(11-15)32-4/h6-11,26,29H,5,12H2,1-4H3. The number of carbonyl (C=O) groups is 1. The first-order chi connectivity index (χ1) is 16.4. The Labute approximate surface area is 199 Å². The number of phenolic OH excluding ortho intramolecular Hbond substituents is 1. The molecule has 0 saturated carbocycles. The van der Waals surface area contributed by atoms with Crippen molar-refractivity contribution in [3.63, 3.8) is 0 Å². The predicted molar refractivity (Wildman–Crippen MR) is 128 cm³/mol. The van der Waals surface area contributed by atoms with Gasteiger partial charge in [-0.3, -0.25) is 4.40 Å². The van der Waals surface area contributed by atoms with Gasteiger partial charge in [0.1, 0.15) is 22.2 Å². The molecule has 0 bridgehead atoms. The number of nitrogens with zero attached hydrogens (tertiary/aromatic N) is 2. The van der Waals surface area contributed by atoms with E-state index in [0.29, 0.717) is 39.2 Å². The number of aromatic nitrogens is 2. The van der Waals surface area contributed by atoms with E-state index in [4.69, 9.17) is 19.2 Å². The van der Waals surface area contributed by atoms with E-state index in [2.05, 4.69) is 5.32 Å². The third-order valence-corrected chi connectivity index (χ3v) is 6.41. The number of phenols is 1. The van der Waals surface area contributed by atoms with Crippen LogP contribution in [0.15, 0.2) is 36.4 Å². The van der Waals surface area contributed by atoms with Crippen LogP contribution >= 0.6 is 11.3 Å². The number of aryl methyl sites for hydroxylation is 1. The Balaban J connectivity index is 1.86. The van der Waals surface area contributed by atoms with Gasteiger partial charge in [-0.25, -0.2) is 14.2 Å². The molecule has 0 atom stereocenters. The number of aromatic hydroxyl groups is 1. The van der Waals surface area contributed by atoms with Crippen molar-refractivity contribution in [2.75, 3.05) is 26.1 Å². The number of anilines is 1. The summed E-state index contributed by atoms with van der Waals surface area (Å²) in [6.07, 6.45) is 0. The van der Waals surface area contributed by atoms with Crippen molar-refractivity contribution >= 4 is 28.1 Å². The lowest BCUT2D eigenvalue weighted by Crippen LogP contribution is -2.07. The fraction of sp³-hybridized carbons (Fsp3) is 0.250. The number of carbonyl (C=O) groups excluding carboxylic acids is 1. The summed E-state index contributed by atoms with van der Waals surface area (Å²) >= 11 is 1.22. The summed E-state index contributed by atoms with van der Waals surface area (Å²) in [6.45, 7) is 4.23. The SMILES string of the molecule is CCOC(=O)c1sc2nc(-c3cc(OC)c(O)c(OC)c3)c(NCc3ccc(F)cc3)n2c1C. The fourth-order valence-electron chi connectivity index (χ4n) is 3.61. The van der Waals surface area contributed by atoms with Gasteiger partial charge in [-0.15, -0.1) is 0 Å². The molecule has 2 heterocycles. The maximum atomic E-state index is 13.3. The highest BCUT2D eigenvalue weighted by atomic mass is 32.1. The van der Waals surface area contributed by atoms with E-state index < -0.39 is 5.97 Å². The number of methoxy groups -OCH3 is 2. The number of thiazole rings is 1. The number of hydrogen-bond acceptors (Lipinski definition) is 8. The van der Waals surface area contributed by atoms with Gasteiger partial charge in [-0.2, -0.15) is 0 Å². The van der Waals surface area contributed by atoms with Crippen LogP contribution in [-0.4, -0.2) is 41.3 Å². The number of esters is 1. The second-order valence-corrected chi connectivity index (χ2v) is 8.35. The minimum Gasteiger partial charge on any atom is -0.502 e. The lowest BCUT2D eigenvalue weighted by atomic mass is 10.1. The molecule has 2 aromatic carbocycles. The number of benzene rings is 2. The number of ether oxygens (including phenoxy) is 3. The molecule has 4 aromatic rings. The molecule has 0 unspecified atom stereocenters. The summed E-state index contributed by atoms with van der Waals surface area (Å²) < 4.78 is 31.0. The number of imidazole rings is 1. The van der Waals surface area contributed by atoms with Crippen LogP contribution in [0.1, 0.15) is 27.9 Å². The molecule has 0 saturated heterocycles. The smallest absolute Gasteiger partial charge is 0.350 e. The Bertz CT molecular complexity index is 1320. The zero-order valence-corrected chi connectivity index (χ0v) is 20.0. The lowest BCUT2D eigenvalue weighted by molar-refractivity contribution is 0.0531. The van der Waals surface area contributed by atoms with Crippen LogP contribution < -0.4 is 14.8 Å². The van der Waals surface area contributed by atoms with Crippen LogP contribution in [0.2, 0.25) is 0 Å². The number of halogens is 1. The van der Waals surface area contributed by atoms with Crippen molar-refractivity contribution in [1.29, 1.82) is 0 Å². The molecule has 0 fully saturated rings. The number of nitrogens with one attached hydrogen (secondary N) is 1. The van der Waals surface area contributed by atoms with Gasteiger partial charge < -0.3 is 24.6 Å². The van der Waals surface area contributed by atoms with Crippen molar-refractivity contribution in [1.82, 2.24) is 9.38 Å². The van der Waals surface area contributed by atoms with Crippen LogP contribution in [0.4, 0.5) is 10.2 Å². The van der Waals surface area contributed by atoms with E-state index >= 15 is 0 Å². The quantitative estimate of drug-likeness (QED) is 0.338. The molecular formula is C24H24FN3O5S. The Morgan fingerprint density at radius 1 is 1.18 bits per heavy atom. The molecule has 2 N–H and O–H groups in total. The highest BCUT2D eigenvalue weighted by Gasteiger charge is 2.25. The Morgan fingerprint density at radius 3 is 2.41 bits per heavy atom. The third kappa shape index (κ3) is 4.24. The molecule has 0 aliphatic carbocycles. The van der Waals surface area contributed by atoms with Gasteiger partial charge in [0.25, 0.3) is 0 Å². The normalized spacial score (nSPS) is 11.0. The zero-order chi connectivity index (χ0) is 24.4. The minimum atomic E-state index is -0.408. The molecule has 34 heavy (non-hydrogen) atoms. The minimum absolute atomic E-state index is 0.114. The van der Waals surface area contributed by atoms with E-state index in [1.165, 1.54) is 37.7 Å². The molecule has 8 nitrogen and oxygen atoms in total. The lowest BCUT2D eigenvalue weighted by Gasteiger charge is -2.13. The van der Waals surface area contributed by atoms with Crippen molar-refractivity contribution in [3.8, 4) is 28.5 Å². The second kappa shape index (κ2) is 9.60. The summed E-state index contributed by atoms with van der Waals surface area (Å²) in [4.78, 5) is 18.3. The molecule has 4 rings (SSSR count). The molecule has 0 radical (unpaired) electrons. The van der Waals surface area contributed by atoms with Gasteiger partial charge in [0.15, 0.2) is 16.5 Å². The Hall–Kier alpha value is -3.79. The van der Waals surface area contributed by atoms with E-state index in [1.807, 2.05) is 11.3 Å². The molecule has 10 heteroatoms. The summed E-state index contributed by atoms with van der Waals surface area (Å²) in [6, 6.07) is 9.50.